The monoisotopic (exact) mass is 294 g/mol. The number of aliphatic hydroxyl groups excluding tert-OH is 1. The molecule has 0 rings (SSSR count). The molecule has 0 aromatic heterocycles. The van der Waals surface area contributed by atoms with E-state index in [1.165, 1.54) is 51.4 Å². The number of aliphatic hydroxyl groups is 1. The second-order valence-electron chi connectivity index (χ2n) is 5.29. The third-order valence-corrected chi connectivity index (χ3v) is 4.32. The van der Waals surface area contributed by atoms with Crippen molar-refractivity contribution < 1.29 is 18.1 Å². The zero-order chi connectivity index (χ0) is 14.6. The Bertz CT molecular complexity index is 288. The van der Waals surface area contributed by atoms with Gasteiger partial charge in [-0.05, 0) is 12.8 Å². The molecule has 0 fully saturated rings. The molecular weight excluding hydrogens is 264 g/mol. The molecule has 0 aliphatic rings. The fourth-order valence-corrected chi connectivity index (χ4v) is 2.60. The first kappa shape index (κ1) is 18.9. The summed E-state index contributed by atoms with van der Waals surface area (Å²) in [5, 5.41) is 9.09. The Morgan fingerprint density at radius 1 is 0.789 bits per heavy atom. The van der Waals surface area contributed by atoms with Crippen LogP contribution >= 0.6 is 0 Å². The fourth-order valence-electron chi connectivity index (χ4n) is 2.13. The van der Waals surface area contributed by atoms with Crippen LogP contribution in [0.3, 0.4) is 0 Å². The van der Waals surface area contributed by atoms with Crippen LogP contribution in [-0.4, -0.2) is 23.5 Å². The number of rotatable bonds is 13. The predicted octanol–water partition coefficient (Wildman–Crippen LogP) is 3.89. The van der Waals surface area contributed by atoms with E-state index in [1.807, 2.05) is 0 Å². The minimum Gasteiger partial charge on any atom is -0.375 e. The van der Waals surface area contributed by atoms with E-state index < -0.39 is 15.6 Å². The maximum absolute atomic E-state index is 10.5. The Labute approximate surface area is 118 Å². The molecule has 0 saturated heterocycles. The Morgan fingerprint density at radius 3 is 1.53 bits per heavy atom. The van der Waals surface area contributed by atoms with Gasteiger partial charge in [0.15, 0.2) is 5.44 Å². The molecule has 19 heavy (non-hydrogen) atoms. The summed E-state index contributed by atoms with van der Waals surface area (Å²) in [5.41, 5.74) is -1.61. The minimum absolute atomic E-state index is 0.135. The number of hydrogen-bond donors (Lipinski definition) is 2. The lowest BCUT2D eigenvalue weighted by Gasteiger charge is -2.06. The van der Waals surface area contributed by atoms with Crippen LogP contribution in [0.5, 0.6) is 0 Å². The summed E-state index contributed by atoms with van der Waals surface area (Å²) in [6, 6.07) is 0. The van der Waals surface area contributed by atoms with Crippen LogP contribution in [0.1, 0.15) is 84.0 Å². The highest BCUT2D eigenvalue weighted by Gasteiger charge is 2.18. The molecule has 0 spiro atoms. The highest BCUT2D eigenvalue weighted by atomic mass is 32.2. The molecule has 0 saturated carbocycles. The molecule has 4 nitrogen and oxygen atoms in total. The molecule has 1 atom stereocenters. The molecule has 5 heteroatoms. The first-order valence-electron chi connectivity index (χ1n) is 7.63. The van der Waals surface area contributed by atoms with Crippen molar-refractivity contribution in [3.63, 3.8) is 0 Å². The SMILES string of the molecule is CCCCCCCCCCCCCC(O)S(=O)(=O)O. The predicted molar refractivity (Wildman–Crippen MR) is 78.6 cm³/mol. The molecule has 0 radical (unpaired) electrons. The summed E-state index contributed by atoms with van der Waals surface area (Å²) in [5.74, 6) is 0. The summed E-state index contributed by atoms with van der Waals surface area (Å²) in [7, 11) is -4.26. The number of hydrogen-bond acceptors (Lipinski definition) is 3. The Hall–Kier alpha value is -0.130. The van der Waals surface area contributed by atoms with E-state index >= 15 is 0 Å². The van der Waals surface area contributed by atoms with Gasteiger partial charge in [0.05, 0.1) is 0 Å². The van der Waals surface area contributed by atoms with Gasteiger partial charge >= 0.3 is 0 Å². The largest absolute Gasteiger partial charge is 0.375 e. The van der Waals surface area contributed by atoms with Crippen LogP contribution in [0.2, 0.25) is 0 Å². The van der Waals surface area contributed by atoms with Gasteiger partial charge in [-0.1, -0.05) is 71.1 Å². The third kappa shape index (κ3) is 12.6. The average Bonchev–Trinajstić information content (AvgIpc) is 2.34. The van der Waals surface area contributed by atoms with E-state index in [0.29, 0.717) is 6.42 Å². The summed E-state index contributed by atoms with van der Waals surface area (Å²) in [4.78, 5) is 0. The minimum atomic E-state index is -4.26. The first-order valence-corrected chi connectivity index (χ1v) is 9.13. The topological polar surface area (TPSA) is 74.6 Å². The van der Waals surface area contributed by atoms with Crippen molar-refractivity contribution in [1.29, 1.82) is 0 Å². The van der Waals surface area contributed by atoms with Crippen molar-refractivity contribution in [2.24, 2.45) is 0 Å². The highest BCUT2D eigenvalue weighted by Crippen LogP contribution is 2.13. The normalized spacial score (nSPS) is 13.6. The molecule has 2 N–H and O–H groups in total. The summed E-state index contributed by atoms with van der Waals surface area (Å²) in [6.45, 7) is 2.22. The van der Waals surface area contributed by atoms with Crippen molar-refractivity contribution >= 4 is 10.1 Å². The standard InChI is InChI=1S/C14H30O4S/c1-2-3-4-5-6-7-8-9-10-11-12-13-14(15)19(16,17)18/h14-15H,2-13H2,1H3,(H,16,17,18). The van der Waals surface area contributed by atoms with Gasteiger partial charge in [0.2, 0.25) is 0 Å². The third-order valence-electron chi connectivity index (χ3n) is 3.40. The van der Waals surface area contributed by atoms with Gasteiger partial charge < -0.3 is 5.11 Å². The summed E-state index contributed by atoms with van der Waals surface area (Å²) < 4.78 is 29.7. The molecule has 0 aromatic rings. The van der Waals surface area contributed by atoms with E-state index in [-0.39, 0.29) is 6.42 Å². The first-order chi connectivity index (χ1) is 8.98. The second-order valence-corrected chi connectivity index (χ2v) is 6.87. The van der Waals surface area contributed by atoms with E-state index in [1.54, 1.807) is 0 Å². The Morgan fingerprint density at radius 2 is 1.16 bits per heavy atom. The Kier molecular flexibility index (Phi) is 11.6. The van der Waals surface area contributed by atoms with Crippen molar-refractivity contribution in [3.8, 4) is 0 Å². The molecule has 0 amide bonds. The lowest BCUT2D eigenvalue weighted by molar-refractivity contribution is 0.219. The molecule has 0 aromatic carbocycles. The summed E-state index contributed by atoms with van der Waals surface area (Å²) in [6.07, 6.45) is 13.1. The molecule has 1 unspecified atom stereocenters. The Balaban J connectivity index is 3.19. The van der Waals surface area contributed by atoms with E-state index in [9.17, 15) is 8.42 Å². The van der Waals surface area contributed by atoms with Gasteiger partial charge in [-0.15, -0.1) is 0 Å². The van der Waals surface area contributed by atoms with Gasteiger partial charge in [0, 0.05) is 0 Å². The van der Waals surface area contributed by atoms with E-state index in [4.69, 9.17) is 9.66 Å². The second kappa shape index (κ2) is 11.7. The van der Waals surface area contributed by atoms with Gasteiger partial charge in [-0.3, -0.25) is 4.55 Å². The van der Waals surface area contributed by atoms with E-state index in [0.717, 1.165) is 12.8 Å². The smallest absolute Gasteiger partial charge is 0.291 e. The molecule has 0 heterocycles. The highest BCUT2D eigenvalue weighted by molar-refractivity contribution is 7.86. The summed E-state index contributed by atoms with van der Waals surface area (Å²) >= 11 is 0. The van der Waals surface area contributed by atoms with Crippen LogP contribution in [-0.2, 0) is 10.1 Å². The van der Waals surface area contributed by atoms with Crippen LogP contribution < -0.4 is 0 Å². The molecule has 0 aliphatic heterocycles. The van der Waals surface area contributed by atoms with Crippen molar-refractivity contribution in [2.75, 3.05) is 0 Å². The average molecular weight is 294 g/mol. The van der Waals surface area contributed by atoms with Crippen molar-refractivity contribution in [1.82, 2.24) is 0 Å². The molecule has 0 bridgehead atoms. The molecular formula is C14H30O4S. The van der Waals surface area contributed by atoms with Crippen molar-refractivity contribution in [2.45, 2.75) is 89.4 Å². The quantitative estimate of drug-likeness (QED) is 0.399. The van der Waals surface area contributed by atoms with Gasteiger partial charge in [-0.2, -0.15) is 8.42 Å². The fraction of sp³-hybridized carbons (Fsp3) is 1.00. The van der Waals surface area contributed by atoms with E-state index in [2.05, 4.69) is 6.92 Å². The van der Waals surface area contributed by atoms with Crippen LogP contribution in [0.15, 0.2) is 0 Å². The van der Waals surface area contributed by atoms with Gasteiger partial charge in [0.1, 0.15) is 0 Å². The zero-order valence-corrected chi connectivity index (χ0v) is 13.0. The van der Waals surface area contributed by atoms with Gasteiger partial charge in [-0.25, -0.2) is 0 Å². The lowest BCUT2D eigenvalue weighted by Crippen LogP contribution is -2.19. The maximum atomic E-state index is 10.5. The van der Waals surface area contributed by atoms with Crippen LogP contribution in [0, 0.1) is 0 Å². The van der Waals surface area contributed by atoms with Crippen LogP contribution in [0.4, 0.5) is 0 Å². The lowest BCUT2D eigenvalue weighted by atomic mass is 10.1. The molecule has 0 aliphatic carbocycles. The number of unbranched alkanes of at least 4 members (excludes halogenated alkanes) is 10. The van der Waals surface area contributed by atoms with Gasteiger partial charge in [0.25, 0.3) is 10.1 Å². The van der Waals surface area contributed by atoms with Crippen molar-refractivity contribution in [3.05, 3.63) is 0 Å². The zero-order valence-electron chi connectivity index (χ0n) is 12.2. The molecule has 116 valence electrons. The van der Waals surface area contributed by atoms with Crippen LogP contribution in [0.25, 0.3) is 0 Å². The maximum Gasteiger partial charge on any atom is 0.291 e.